The molecule has 2 aromatic rings. The topological polar surface area (TPSA) is 92.9 Å². The number of ether oxygens (including phenoxy) is 1. The number of carbonyl (C=O) groups excluding carboxylic acids is 1. The van der Waals surface area contributed by atoms with Gasteiger partial charge in [-0.25, -0.2) is 4.98 Å². The summed E-state index contributed by atoms with van der Waals surface area (Å²) in [7, 11) is 0. The van der Waals surface area contributed by atoms with Gasteiger partial charge < -0.3 is 19.2 Å². The molecule has 1 fully saturated rings. The number of thiophene rings is 1. The van der Waals surface area contributed by atoms with Crippen molar-refractivity contribution >= 4 is 23.2 Å². The van der Waals surface area contributed by atoms with Crippen molar-refractivity contribution in [3.63, 3.8) is 0 Å². The first kappa shape index (κ1) is 18.6. The average molecular weight is 378 g/mol. The number of nitrogens with zero attached hydrogens (tertiary/aromatic N) is 2. The molecule has 1 N–H and O–H groups in total. The number of oxazole rings is 1. The van der Waals surface area contributed by atoms with E-state index in [0.717, 1.165) is 18.4 Å². The predicted molar refractivity (Wildman–Crippen MR) is 96.1 cm³/mol. The average Bonchev–Trinajstić information content (AvgIpc) is 3.34. The zero-order valence-electron chi connectivity index (χ0n) is 14.6. The summed E-state index contributed by atoms with van der Waals surface area (Å²) in [4.78, 5) is 29.7. The van der Waals surface area contributed by atoms with Crippen LogP contribution in [0.2, 0.25) is 0 Å². The molecule has 7 nitrogen and oxygen atoms in total. The van der Waals surface area contributed by atoms with E-state index in [2.05, 4.69) is 4.98 Å². The lowest BCUT2D eigenvalue weighted by Gasteiger charge is -2.24. The summed E-state index contributed by atoms with van der Waals surface area (Å²) < 4.78 is 11.3. The van der Waals surface area contributed by atoms with Gasteiger partial charge in [-0.05, 0) is 31.2 Å². The zero-order valence-corrected chi connectivity index (χ0v) is 15.5. The Kier molecular flexibility index (Phi) is 6.05. The fraction of sp³-hybridized carbons (Fsp3) is 0.500. The number of aryl methyl sites for hydroxylation is 1. The summed E-state index contributed by atoms with van der Waals surface area (Å²) in [5.74, 6) is 0.0279. The molecule has 1 atom stereocenters. The van der Waals surface area contributed by atoms with Crippen molar-refractivity contribution in [1.82, 2.24) is 9.88 Å². The van der Waals surface area contributed by atoms with Gasteiger partial charge in [0.25, 0.3) is 0 Å². The van der Waals surface area contributed by atoms with E-state index in [1.54, 1.807) is 23.2 Å². The highest BCUT2D eigenvalue weighted by Crippen LogP contribution is 2.24. The van der Waals surface area contributed by atoms with Crippen molar-refractivity contribution in [2.45, 2.75) is 38.7 Å². The van der Waals surface area contributed by atoms with Crippen LogP contribution in [0.5, 0.6) is 0 Å². The van der Waals surface area contributed by atoms with Gasteiger partial charge in [0.2, 0.25) is 11.8 Å². The van der Waals surface area contributed by atoms with Crippen molar-refractivity contribution < 1.29 is 23.8 Å². The van der Waals surface area contributed by atoms with Crippen LogP contribution >= 0.6 is 11.3 Å². The number of rotatable bonds is 8. The van der Waals surface area contributed by atoms with Gasteiger partial charge in [0.1, 0.15) is 5.76 Å². The molecule has 0 spiro atoms. The largest absolute Gasteiger partial charge is 0.481 e. The van der Waals surface area contributed by atoms with Gasteiger partial charge in [-0.1, -0.05) is 0 Å². The molecule has 0 bridgehead atoms. The molecule has 0 aromatic carbocycles. The molecule has 1 aliphatic rings. The monoisotopic (exact) mass is 378 g/mol. The van der Waals surface area contributed by atoms with E-state index < -0.39 is 5.97 Å². The Morgan fingerprint density at radius 1 is 1.46 bits per heavy atom. The van der Waals surface area contributed by atoms with E-state index in [4.69, 9.17) is 14.3 Å². The number of carbonyl (C=O) groups is 2. The van der Waals surface area contributed by atoms with Gasteiger partial charge in [0.15, 0.2) is 0 Å². The zero-order chi connectivity index (χ0) is 18.5. The number of hydrogen-bond acceptors (Lipinski definition) is 6. The van der Waals surface area contributed by atoms with Crippen LogP contribution in [0.25, 0.3) is 11.5 Å². The second kappa shape index (κ2) is 8.46. The molecular weight excluding hydrogens is 356 g/mol. The minimum absolute atomic E-state index is 0.0208. The smallest absolute Gasteiger partial charge is 0.305 e. The number of aliphatic carboxylic acids is 1. The van der Waals surface area contributed by atoms with E-state index in [1.807, 2.05) is 16.8 Å². The van der Waals surface area contributed by atoms with E-state index in [9.17, 15) is 9.59 Å². The maximum Gasteiger partial charge on any atom is 0.305 e. The van der Waals surface area contributed by atoms with Crippen LogP contribution in [0.15, 0.2) is 21.2 Å². The first-order valence-corrected chi connectivity index (χ1v) is 9.57. The third kappa shape index (κ3) is 4.70. The summed E-state index contributed by atoms with van der Waals surface area (Å²) in [5.41, 5.74) is 1.47. The molecular formula is C18H22N2O5S. The highest BCUT2D eigenvalue weighted by molar-refractivity contribution is 7.08. The molecule has 1 aliphatic heterocycles. The Labute approximate surface area is 155 Å². The SMILES string of the molecule is Cc1oc(-c2ccsc2)nc1CC(=O)N(CCC(=O)O)C[C@@H]1CCCO1. The molecule has 3 heterocycles. The second-order valence-corrected chi connectivity index (χ2v) is 7.11. The summed E-state index contributed by atoms with van der Waals surface area (Å²) >= 11 is 1.55. The van der Waals surface area contributed by atoms with Crippen molar-refractivity contribution in [2.24, 2.45) is 0 Å². The molecule has 0 saturated carbocycles. The first-order valence-electron chi connectivity index (χ1n) is 8.63. The Balaban J connectivity index is 1.68. The molecule has 1 saturated heterocycles. The van der Waals surface area contributed by atoms with E-state index in [-0.39, 0.29) is 31.4 Å². The third-order valence-electron chi connectivity index (χ3n) is 4.38. The highest BCUT2D eigenvalue weighted by Gasteiger charge is 2.25. The van der Waals surface area contributed by atoms with Gasteiger partial charge in [-0.3, -0.25) is 9.59 Å². The van der Waals surface area contributed by atoms with E-state index in [0.29, 0.717) is 30.5 Å². The maximum atomic E-state index is 12.8. The van der Waals surface area contributed by atoms with Crippen molar-refractivity contribution in [3.05, 3.63) is 28.3 Å². The fourth-order valence-corrected chi connectivity index (χ4v) is 3.57. The number of carboxylic acid groups (broad SMARTS) is 1. The predicted octanol–water partition coefficient (Wildman–Crippen LogP) is 2.74. The molecule has 0 radical (unpaired) electrons. The van der Waals surface area contributed by atoms with Crippen molar-refractivity contribution in [2.75, 3.05) is 19.7 Å². The van der Waals surface area contributed by atoms with Crippen LogP contribution in [-0.2, 0) is 20.7 Å². The first-order chi connectivity index (χ1) is 12.5. The van der Waals surface area contributed by atoms with Gasteiger partial charge in [-0.2, -0.15) is 11.3 Å². The normalized spacial score (nSPS) is 16.7. The molecule has 1 amide bonds. The Bertz CT molecular complexity index is 750. The lowest BCUT2D eigenvalue weighted by molar-refractivity contribution is -0.139. The molecule has 26 heavy (non-hydrogen) atoms. The van der Waals surface area contributed by atoms with Crippen LogP contribution in [0.3, 0.4) is 0 Å². The quantitative estimate of drug-likeness (QED) is 0.759. The number of aromatic nitrogens is 1. The van der Waals surface area contributed by atoms with E-state index >= 15 is 0 Å². The van der Waals surface area contributed by atoms with Crippen LogP contribution in [0, 0.1) is 6.92 Å². The lowest BCUT2D eigenvalue weighted by Crippen LogP contribution is -2.39. The van der Waals surface area contributed by atoms with Crippen LogP contribution in [-0.4, -0.2) is 52.7 Å². The van der Waals surface area contributed by atoms with Gasteiger partial charge >= 0.3 is 5.97 Å². The molecule has 0 unspecified atom stereocenters. The number of carboxylic acids is 1. The molecule has 2 aromatic heterocycles. The minimum atomic E-state index is -0.924. The van der Waals surface area contributed by atoms with Gasteiger partial charge in [-0.15, -0.1) is 0 Å². The molecule has 140 valence electrons. The second-order valence-electron chi connectivity index (χ2n) is 6.33. The lowest BCUT2D eigenvalue weighted by atomic mass is 10.2. The van der Waals surface area contributed by atoms with Crippen molar-refractivity contribution in [1.29, 1.82) is 0 Å². The Morgan fingerprint density at radius 3 is 2.96 bits per heavy atom. The van der Waals surface area contributed by atoms with Crippen LogP contribution in [0.1, 0.15) is 30.7 Å². The molecule has 8 heteroatoms. The van der Waals surface area contributed by atoms with E-state index in [1.165, 1.54) is 0 Å². The minimum Gasteiger partial charge on any atom is -0.481 e. The summed E-state index contributed by atoms with van der Waals surface area (Å²) in [6, 6.07) is 1.91. The summed E-state index contributed by atoms with van der Waals surface area (Å²) in [6.07, 6.45) is 1.84. The fourth-order valence-electron chi connectivity index (χ4n) is 2.94. The van der Waals surface area contributed by atoms with Crippen LogP contribution in [0.4, 0.5) is 0 Å². The summed E-state index contributed by atoms with van der Waals surface area (Å²) in [6.45, 7) is 3.06. The Hall–Kier alpha value is -2.19. The summed E-state index contributed by atoms with van der Waals surface area (Å²) in [5, 5.41) is 12.8. The van der Waals surface area contributed by atoms with Gasteiger partial charge in [0.05, 0.1) is 24.6 Å². The third-order valence-corrected chi connectivity index (χ3v) is 5.06. The Morgan fingerprint density at radius 2 is 2.31 bits per heavy atom. The van der Waals surface area contributed by atoms with Gasteiger partial charge in [0, 0.05) is 30.6 Å². The molecule has 0 aliphatic carbocycles. The number of amides is 1. The van der Waals surface area contributed by atoms with Crippen LogP contribution < -0.4 is 0 Å². The number of hydrogen-bond donors (Lipinski definition) is 1. The standard InChI is InChI=1S/C18H22N2O5S/c1-12-15(19-18(25-12)13-5-8-26-11-13)9-16(21)20(6-4-17(22)23)10-14-3-2-7-24-14/h5,8,11,14H,2-4,6-7,9-10H2,1H3,(H,22,23)/t14-/m0/s1. The van der Waals surface area contributed by atoms with Crippen molar-refractivity contribution in [3.8, 4) is 11.5 Å². The maximum absolute atomic E-state index is 12.8. The molecule has 3 rings (SSSR count). The highest BCUT2D eigenvalue weighted by atomic mass is 32.1.